The maximum absolute atomic E-state index is 12.6. The van der Waals surface area contributed by atoms with Gasteiger partial charge >= 0.3 is 0 Å². The molecule has 0 unspecified atom stereocenters. The van der Waals surface area contributed by atoms with Crippen molar-refractivity contribution in [2.24, 2.45) is 5.92 Å². The third kappa shape index (κ3) is 5.17. The first-order chi connectivity index (χ1) is 12.2. The molecule has 0 radical (unpaired) electrons. The number of rotatable bonds is 7. The van der Waals surface area contributed by atoms with Crippen molar-refractivity contribution in [1.29, 1.82) is 0 Å². The van der Waals surface area contributed by atoms with E-state index < -0.39 is 0 Å². The SMILES string of the molecule is Cc1ccc(C(=O)C2CCN(CCCNc3ccccc3)CC2)cc1. The second-order valence-electron chi connectivity index (χ2n) is 6.99. The average Bonchev–Trinajstić information content (AvgIpc) is 2.67. The number of hydrogen-bond donors (Lipinski definition) is 1. The molecule has 2 aromatic rings. The fourth-order valence-corrected chi connectivity index (χ4v) is 3.46. The second kappa shape index (κ2) is 8.82. The van der Waals surface area contributed by atoms with E-state index in [1.54, 1.807) is 0 Å². The smallest absolute Gasteiger partial charge is 0.166 e. The van der Waals surface area contributed by atoms with Crippen LogP contribution in [0.4, 0.5) is 5.69 Å². The standard InChI is InChI=1S/C22H28N2O/c1-18-8-10-19(11-9-18)22(25)20-12-16-24(17-13-20)15-5-14-23-21-6-3-2-4-7-21/h2-4,6-11,20,23H,5,12-17H2,1H3. The molecular weight excluding hydrogens is 308 g/mol. The Kier molecular flexibility index (Phi) is 6.24. The summed E-state index contributed by atoms with van der Waals surface area (Å²) in [5.74, 6) is 0.520. The van der Waals surface area contributed by atoms with Crippen LogP contribution in [0.1, 0.15) is 35.2 Å². The van der Waals surface area contributed by atoms with Gasteiger partial charge in [0, 0.05) is 23.7 Å². The van der Waals surface area contributed by atoms with Crippen LogP contribution in [0.2, 0.25) is 0 Å². The second-order valence-corrected chi connectivity index (χ2v) is 6.99. The van der Waals surface area contributed by atoms with Crippen molar-refractivity contribution in [3.8, 4) is 0 Å². The highest BCUT2D eigenvalue weighted by Gasteiger charge is 2.25. The van der Waals surface area contributed by atoms with Gasteiger partial charge in [-0.3, -0.25) is 4.79 Å². The molecule has 0 aromatic heterocycles. The topological polar surface area (TPSA) is 32.3 Å². The van der Waals surface area contributed by atoms with E-state index >= 15 is 0 Å². The summed E-state index contributed by atoms with van der Waals surface area (Å²) < 4.78 is 0. The number of carbonyl (C=O) groups is 1. The largest absolute Gasteiger partial charge is 0.385 e. The number of nitrogens with zero attached hydrogens (tertiary/aromatic N) is 1. The average molecular weight is 336 g/mol. The molecule has 0 spiro atoms. The highest BCUT2D eigenvalue weighted by atomic mass is 16.1. The number of likely N-dealkylation sites (tertiary alicyclic amines) is 1. The van der Waals surface area contributed by atoms with E-state index in [1.807, 2.05) is 30.3 Å². The van der Waals surface area contributed by atoms with E-state index in [9.17, 15) is 4.79 Å². The molecule has 1 fully saturated rings. The summed E-state index contributed by atoms with van der Waals surface area (Å²) in [5.41, 5.74) is 3.26. The fraction of sp³-hybridized carbons (Fsp3) is 0.409. The van der Waals surface area contributed by atoms with Crippen molar-refractivity contribution >= 4 is 11.5 Å². The van der Waals surface area contributed by atoms with Crippen molar-refractivity contribution in [2.45, 2.75) is 26.2 Å². The van der Waals surface area contributed by atoms with Crippen LogP contribution in [-0.4, -0.2) is 36.9 Å². The maximum atomic E-state index is 12.6. The Hall–Kier alpha value is -2.13. The van der Waals surface area contributed by atoms with Gasteiger partial charge in [0.05, 0.1) is 0 Å². The molecule has 0 amide bonds. The Bertz CT molecular complexity index is 658. The molecule has 0 aliphatic carbocycles. The molecule has 1 heterocycles. The van der Waals surface area contributed by atoms with Crippen LogP contribution < -0.4 is 5.32 Å². The van der Waals surface area contributed by atoms with Crippen LogP contribution in [0.15, 0.2) is 54.6 Å². The zero-order chi connectivity index (χ0) is 17.5. The molecule has 3 nitrogen and oxygen atoms in total. The molecule has 0 bridgehead atoms. The first kappa shape index (κ1) is 17.7. The first-order valence-electron chi connectivity index (χ1n) is 9.34. The minimum absolute atomic E-state index is 0.196. The number of piperidine rings is 1. The molecule has 1 saturated heterocycles. The van der Waals surface area contributed by atoms with Crippen LogP contribution in [-0.2, 0) is 0 Å². The number of carbonyl (C=O) groups excluding carboxylic acids is 1. The van der Waals surface area contributed by atoms with Gasteiger partial charge < -0.3 is 10.2 Å². The van der Waals surface area contributed by atoms with Gasteiger partial charge in [0.25, 0.3) is 0 Å². The number of benzene rings is 2. The van der Waals surface area contributed by atoms with Gasteiger partial charge in [-0.05, 0) is 58.0 Å². The number of aryl methyl sites for hydroxylation is 1. The predicted molar refractivity (Wildman–Crippen MR) is 104 cm³/mol. The first-order valence-corrected chi connectivity index (χ1v) is 9.34. The molecule has 1 aliphatic rings. The number of ketones is 1. The van der Waals surface area contributed by atoms with E-state index in [4.69, 9.17) is 0 Å². The molecule has 1 N–H and O–H groups in total. The van der Waals surface area contributed by atoms with Gasteiger partial charge in [-0.25, -0.2) is 0 Å². The third-order valence-electron chi connectivity index (χ3n) is 5.05. The summed E-state index contributed by atoms with van der Waals surface area (Å²) in [6, 6.07) is 18.3. The zero-order valence-corrected chi connectivity index (χ0v) is 15.1. The normalized spacial score (nSPS) is 15.9. The number of hydrogen-bond acceptors (Lipinski definition) is 3. The van der Waals surface area contributed by atoms with Gasteiger partial charge in [-0.2, -0.15) is 0 Å². The molecule has 132 valence electrons. The molecule has 3 heteroatoms. The van der Waals surface area contributed by atoms with Crippen molar-refractivity contribution < 1.29 is 4.79 Å². The lowest BCUT2D eigenvalue weighted by atomic mass is 9.88. The van der Waals surface area contributed by atoms with Crippen molar-refractivity contribution in [3.63, 3.8) is 0 Å². The molecule has 25 heavy (non-hydrogen) atoms. The Morgan fingerprint density at radius 3 is 2.40 bits per heavy atom. The zero-order valence-electron chi connectivity index (χ0n) is 15.1. The molecular formula is C22H28N2O. The molecule has 2 aromatic carbocycles. The fourth-order valence-electron chi connectivity index (χ4n) is 3.46. The van der Waals surface area contributed by atoms with E-state index in [0.717, 1.165) is 51.0 Å². The van der Waals surface area contributed by atoms with Crippen molar-refractivity contribution in [2.75, 3.05) is 31.5 Å². The van der Waals surface area contributed by atoms with Crippen molar-refractivity contribution in [3.05, 3.63) is 65.7 Å². The van der Waals surface area contributed by atoms with Crippen LogP contribution in [0, 0.1) is 12.8 Å². The van der Waals surface area contributed by atoms with Crippen LogP contribution in [0.25, 0.3) is 0 Å². The van der Waals surface area contributed by atoms with Crippen LogP contribution >= 0.6 is 0 Å². The number of Topliss-reactive ketones (excluding diaryl/α,β-unsaturated/α-hetero) is 1. The Balaban J connectivity index is 1.37. The van der Waals surface area contributed by atoms with Crippen LogP contribution in [0.3, 0.4) is 0 Å². The number of anilines is 1. The number of nitrogens with one attached hydrogen (secondary N) is 1. The van der Waals surface area contributed by atoms with Gasteiger partial charge in [0.15, 0.2) is 5.78 Å². The summed E-state index contributed by atoms with van der Waals surface area (Å²) in [6.07, 6.45) is 3.10. The summed E-state index contributed by atoms with van der Waals surface area (Å²) >= 11 is 0. The highest BCUT2D eigenvalue weighted by Crippen LogP contribution is 2.22. The Morgan fingerprint density at radius 1 is 1.04 bits per heavy atom. The van der Waals surface area contributed by atoms with E-state index in [-0.39, 0.29) is 5.92 Å². The van der Waals surface area contributed by atoms with Gasteiger partial charge in [0.2, 0.25) is 0 Å². The quantitative estimate of drug-likeness (QED) is 0.601. The van der Waals surface area contributed by atoms with Gasteiger partial charge in [-0.15, -0.1) is 0 Å². The van der Waals surface area contributed by atoms with E-state index in [0.29, 0.717) is 5.78 Å². The van der Waals surface area contributed by atoms with E-state index in [1.165, 1.54) is 11.3 Å². The van der Waals surface area contributed by atoms with Crippen molar-refractivity contribution in [1.82, 2.24) is 4.90 Å². The summed E-state index contributed by atoms with van der Waals surface area (Å²) in [7, 11) is 0. The molecule has 0 saturated carbocycles. The highest BCUT2D eigenvalue weighted by molar-refractivity contribution is 5.97. The minimum Gasteiger partial charge on any atom is -0.385 e. The molecule has 1 aliphatic heterocycles. The summed E-state index contributed by atoms with van der Waals surface area (Å²) in [6.45, 7) is 6.22. The third-order valence-corrected chi connectivity index (χ3v) is 5.05. The van der Waals surface area contributed by atoms with E-state index in [2.05, 4.69) is 41.4 Å². The Labute approximate surface area is 151 Å². The maximum Gasteiger partial charge on any atom is 0.166 e. The lowest BCUT2D eigenvalue weighted by molar-refractivity contribution is 0.0840. The summed E-state index contributed by atoms with van der Waals surface area (Å²) in [4.78, 5) is 15.1. The van der Waals surface area contributed by atoms with Gasteiger partial charge in [-0.1, -0.05) is 48.0 Å². The molecule has 0 atom stereocenters. The lowest BCUT2D eigenvalue weighted by Gasteiger charge is -2.31. The summed E-state index contributed by atoms with van der Waals surface area (Å²) in [5, 5.41) is 3.46. The lowest BCUT2D eigenvalue weighted by Crippen LogP contribution is -2.37. The monoisotopic (exact) mass is 336 g/mol. The Morgan fingerprint density at radius 2 is 1.72 bits per heavy atom. The minimum atomic E-state index is 0.196. The van der Waals surface area contributed by atoms with Gasteiger partial charge in [0.1, 0.15) is 0 Å². The predicted octanol–water partition coefficient (Wildman–Crippen LogP) is 4.39. The number of para-hydroxylation sites is 1. The molecule has 3 rings (SSSR count). The van der Waals surface area contributed by atoms with Crippen LogP contribution in [0.5, 0.6) is 0 Å².